The summed E-state index contributed by atoms with van der Waals surface area (Å²) < 4.78 is 6.03. The van der Waals surface area contributed by atoms with Crippen LogP contribution in [0, 0.1) is 28.4 Å². The molecule has 172 valence electrons. The molecule has 0 radical (unpaired) electrons. The highest BCUT2D eigenvalue weighted by Crippen LogP contribution is 2.31. The molecule has 0 saturated carbocycles. The van der Waals surface area contributed by atoms with Gasteiger partial charge in [-0.25, -0.2) is 0 Å². The molecule has 4 rings (SSSR count). The van der Waals surface area contributed by atoms with Crippen LogP contribution in [-0.4, -0.2) is 10.8 Å². The summed E-state index contributed by atoms with van der Waals surface area (Å²) in [5.41, 5.74) is 2.93. The number of nitrogens with one attached hydrogen (secondary N) is 1. The van der Waals surface area contributed by atoms with Gasteiger partial charge in [0.15, 0.2) is 0 Å². The fourth-order valence-corrected chi connectivity index (χ4v) is 3.55. The van der Waals surface area contributed by atoms with Gasteiger partial charge in [0.25, 0.3) is 11.6 Å². The average Bonchev–Trinajstić information content (AvgIpc) is 2.87. The Labute approximate surface area is 202 Å². The number of amides is 1. The minimum atomic E-state index is -0.523. The van der Waals surface area contributed by atoms with Crippen molar-refractivity contribution in [2.24, 2.45) is 0 Å². The van der Waals surface area contributed by atoms with Crippen LogP contribution in [0.1, 0.15) is 16.7 Å². The minimum Gasteiger partial charge on any atom is -0.488 e. The summed E-state index contributed by atoms with van der Waals surface area (Å²) in [6.07, 6.45) is 1.52. The lowest BCUT2D eigenvalue weighted by molar-refractivity contribution is -0.384. The van der Waals surface area contributed by atoms with Crippen molar-refractivity contribution in [2.45, 2.75) is 13.5 Å². The summed E-state index contributed by atoms with van der Waals surface area (Å²) in [6, 6.07) is 26.7. The second-order valence-corrected chi connectivity index (χ2v) is 7.90. The van der Waals surface area contributed by atoms with Crippen LogP contribution >= 0.6 is 0 Å². The molecule has 0 aliphatic carbocycles. The maximum Gasteiger partial charge on any atom is 0.269 e. The number of nitro benzene ring substituents is 1. The number of nitrogens with zero attached hydrogens (tertiary/aromatic N) is 2. The quantitative estimate of drug-likeness (QED) is 0.152. The molecule has 0 spiro atoms. The highest BCUT2D eigenvalue weighted by atomic mass is 16.6. The smallest absolute Gasteiger partial charge is 0.269 e. The number of benzene rings is 4. The number of fused-ring (bicyclic) bond motifs is 1. The number of carbonyl (C=O) groups excluding carboxylic acids is 1. The highest BCUT2D eigenvalue weighted by molar-refractivity contribution is 6.11. The maximum atomic E-state index is 12.8. The van der Waals surface area contributed by atoms with E-state index in [0.717, 1.165) is 21.9 Å². The monoisotopic (exact) mass is 463 g/mol. The van der Waals surface area contributed by atoms with Crippen molar-refractivity contribution in [1.29, 1.82) is 5.26 Å². The number of hydrogen-bond donors (Lipinski definition) is 1. The van der Waals surface area contributed by atoms with Crippen LogP contribution in [0.2, 0.25) is 0 Å². The zero-order valence-electron chi connectivity index (χ0n) is 18.9. The molecule has 0 heterocycles. The molecule has 35 heavy (non-hydrogen) atoms. The van der Waals surface area contributed by atoms with Crippen molar-refractivity contribution in [2.75, 3.05) is 5.32 Å². The number of rotatable bonds is 7. The van der Waals surface area contributed by atoms with E-state index in [9.17, 15) is 20.2 Å². The molecule has 4 aromatic rings. The summed E-state index contributed by atoms with van der Waals surface area (Å²) in [5, 5.41) is 25.1. The first-order valence-electron chi connectivity index (χ1n) is 10.8. The lowest BCUT2D eigenvalue weighted by atomic mass is 10.0. The molecule has 7 heteroatoms. The maximum absolute atomic E-state index is 12.8. The third-order valence-electron chi connectivity index (χ3n) is 5.44. The van der Waals surface area contributed by atoms with Crippen molar-refractivity contribution in [3.63, 3.8) is 0 Å². The second-order valence-electron chi connectivity index (χ2n) is 7.90. The van der Waals surface area contributed by atoms with E-state index < -0.39 is 10.8 Å². The van der Waals surface area contributed by atoms with Crippen molar-refractivity contribution < 1.29 is 14.5 Å². The van der Waals surface area contributed by atoms with E-state index in [-0.39, 0.29) is 17.9 Å². The Hall–Kier alpha value is -4.96. The van der Waals surface area contributed by atoms with Gasteiger partial charge < -0.3 is 10.1 Å². The summed E-state index contributed by atoms with van der Waals surface area (Å²) in [4.78, 5) is 23.3. The van der Waals surface area contributed by atoms with Crippen LogP contribution in [0.3, 0.4) is 0 Å². The largest absolute Gasteiger partial charge is 0.488 e. The van der Waals surface area contributed by atoms with Crippen LogP contribution < -0.4 is 10.1 Å². The van der Waals surface area contributed by atoms with E-state index in [2.05, 4.69) is 5.32 Å². The standard InChI is InChI=1S/C28H21N3O4/c1-19-6-11-23(12-7-19)30-28(32)22(17-29)16-26-25-5-3-2-4-21(25)10-15-27(26)35-18-20-8-13-24(14-9-20)31(33)34/h2-16H,18H2,1H3,(H,30,32)/b22-16-. The van der Waals surface area contributed by atoms with E-state index in [1.165, 1.54) is 18.2 Å². The SMILES string of the molecule is Cc1ccc(NC(=O)/C(C#N)=C\c2c(OCc3ccc([N+](=O)[O-])cc3)ccc3ccccc23)cc1. The highest BCUT2D eigenvalue weighted by Gasteiger charge is 2.14. The molecule has 0 unspecified atom stereocenters. The van der Waals surface area contributed by atoms with Crippen LogP contribution in [0.25, 0.3) is 16.8 Å². The van der Waals surface area contributed by atoms with Gasteiger partial charge in [-0.3, -0.25) is 14.9 Å². The number of aryl methyl sites for hydroxylation is 1. The predicted molar refractivity (Wildman–Crippen MR) is 135 cm³/mol. The number of hydrogen-bond acceptors (Lipinski definition) is 5. The van der Waals surface area contributed by atoms with E-state index >= 15 is 0 Å². The van der Waals surface area contributed by atoms with E-state index in [0.29, 0.717) is 17.0 Å². The molecular weight excluding hydrogens is 442 g/mol. The Balaban J connectivity index is 1.66. The van der Waals surface area contributed by atoms with E-state index in [1.807, 2.05) is 55.5 Å². The van der Waals surface area contributed by atoms with Gasteiger partial charge in [-0.2, -0.15) is 5.26 Å². The zero-order valence-corrected chi connectivity index (χ0v) is 18.9. The number of carbonyl (C=O) groups is 1. The van der Waals surface area contributed by atoms with Crippen molar-refractivity contribution >= 4 is 34.1 Å². The molecule has 0 aromatic heterocycles. The summed E-state index contributed by atoms with van der Waals surface area (Å²) in [7, 11) is 0. The van der Waals surface area contributed by atoms with Gasteiger partial charge in [0, 0.05) is 23.4 Å². The summed E-state index contributed by atoms with van der Waals surface area (Å²) >= 11 is 0. The number of ether oxygens (including phenoxy) is 1. The molecule has 7 nitrogen and oxygen atoms in total. The fourth-order valence-electron chi connectivity index (χ4n) is 3.55. The first-order chi connectivity index (χ1) is 16.9. The van der Waals surface area contributed by atoms with Crippen LogP contribution in [0.15, 0.2) is 90.5 Å². The lowest BCUT2D eigenvalue weighted by Gasteiger charge is -2.13. The second kappa shape index (κ2) is 10.3. The minimum absolute atomic E-state index is 0.00123. The third kappa shape index (κ3) is 5.52. The van der Waals surface area contributed by atoms with Crippen LogP contribution in [0.5, 0.6) is 5.75 Å². The predicted octanol–water partition coefficient (Wildman–Crippen LogP) is 6.18. The van der Waals surface area contributed by atoms with Gasteiger partial charge in [0.1, 0.15) is 24.0 Å². The van der Waals surface area contributed by atoms with Crippen molar-refractivity contribution in [3.05, 3.63) is 117 Å². The van der Waals surface area contributed by atoms with Crippen LogP contribution in [0.4, 0.5) is 11.4 Å². The molecule has 1 N–H and O–H groups in total. The zero-order chi connectivity index (χ0) is 24.8. The molecule has 0 atom stereocenters. The molecule has 0 saturated heterocycles. The Kier molecular flexibility index (Phi) is 6.84. The summed E-state index contributed by atoms with van der Waals surface area (Å²) in [6.45, 7) is 2.11. The van der Waals surface area contributed by atoms with E-state index in [1.54, 1.807) is 30.3 Å². The topological polar surface area (TPSA) is 105 Å². The molecule has 0 bridgehead atoms. The lowest BCUT2D eigenvalue weighted by Crippen LogP contribution is -2.13. The van der Waals surface area contributed by atoms with Crippen molar-refractivity contribution in [3.8, 4) is 11.8 Å². The third-order valence-corrected chi connectivity index (χ3v) is 5.44. The van der Waals surface area contributed by atoms with Gasteiger partial charge in [-0.1, -0.05) is 48.0 Å². The Morgan fingerprint density at radius 3 is 2.43 bits per heavy atom. The normalized spacial score (nSPS) is 11.0. The van der Waals surface area contributed by atoms with Gasteiger partial charge in [0.2, 0.25) is 0 Å². The fraction of sp³-hybridized carbons (Fsp3) is 0.0714. The van der Waals surface area contributed by atoms with Crippen molar-refractivity contribution in [1.82, 2.24) is 0 Å². The molecular formula is C28H21N3O4. The molecule has 0 fully saturated rings. The molecule has 4 aromatic carbocycles. The number of nitro groups is 1. The number of nitriles is 1. The number of non-ortho nitro benzene ring substituents is 1. The Morgan fingerprint density at radius 2 is 1.74 bits per heavy atom. The van der Waals surface area contributed by atoms with Crippen LogP contribution in [-0.2, 0) is 11.4 Å². The number of anilines is 1. The van der Waals surface area contributed by atoms with Gasteiger partial charge >= 0.3 is 0 Å². The van der Waals surface area contributed by atoms with Gasteiger partial charge in [0.05, 0.1) is 4.92 Å². The van der Waals surface area contributed by atoms with Gasteiger partial charge in [-0.05, 0) is 59.7 Å². The average molecular weight is 463 g/mol. The first-order valence-corrected chi connectivity index (χ1v) is 10.8. The molecule has 0 aliphatic heterocycles. The van der Waals surface area contributed by atoms with E-state index in [4.69, 9.17) is 4.74 Å². The first kappa shape index (κ1) is 23.2. The Morgan fingerprint density at radius 1 is 1.03 bits per heavy atom. The van der Waals surface area contributed by atoms with Gasteiger partial charge in [-0.15, -0.1) is 0 Å². The summed E-state index contributed by atoms with van der Waals surface area (Å²) in [5.74, 6) is -0.0384. The molecule has 1 amide bonds. The molecule has 0 aliphatic rings. The Bertz CT molecular complexity index is 1470.